The SMILES string of the molecule is C=C/C=C\C=C1/CN(C(=O)c2ccc(OC(F)(F)F)cc2)C2CCC2C1N(C(=O)CCC(=O)O)C1CC1. The average Bonchev–Trinajstić information content (AvgIpc) is 3.64. The fourth-order valence-corrected chi connectivity index (χ4v) is 5.21. The van der Waals surface area contributed by atoms with Crippen molar-refractivity contribution in [2.24, 2.45) is 5.92 Å². The Balaban J connectivity index is 1.59. The number of nitrogens with zero attached hydrogens (tertiary/aromatic N) is 2. The van der Waals surface area contributed by atoms with Crippen LogP contribution in [0.25, 0.3) is 0 Å². The summed E-state index contributed by atoms with van der Waals surface area (Å²) in [5.41, 5.74) is 1.11. The van der Waals surface area contributed by atoms with E-state index < -0.39 is 18.1 Å². The number of allylic oxidation sites excluding steroid dienone is 4. The zero-order chi connectivity index (χ0) is 26.7. The number of likely N-dealkylation sites (tertiary alicyclic amines) is 1. The molecule has 4 rings (SSSR count). The van der Waals surface area contributed by atoms with E-state index in [1.54, 1.807) is 23.1 Å². The number of amides is 2. The molecule has 0 aromatic heterocycles. The van der Waals surface area contributed by atoms with Crippen molar-refractivity contribution in [2.75, 3.05) is 6.54 Å². The number of ether oxygens (including phenoxy) is 1. The van der Waals surface area contributed by atoms with Crippen LogP contribution in [0.2, 0.25) is 0 Å². The third-order valence-corrected chi connectivity index (χ3v) is 7.06. The van der Waals surface area contributed by atoms with E-state index in [9.17, 15) is 27.6 Å². The van der Waals surface area contributed by atoms with Gasteiger partial charge in [0, 0.05) is 36.5 Å². The van der Waals surface area contributed by atoms with E-state index in [4.69, 9.17) is 5.11 Å². The fraction of sp³-hybridized carbons (Fsp3) is 0.444. The predicted octanol–water partition coefficient (Wildman–Crippen LogP) is 4.71. The Morgan fingerprint density at radius 3 is 2.32 bits per heavy atom. The molecular formula is C27H29F3N2O5. The molecular weight excluding hydrogens is 489 g/mol. The number of benzene rings is 1. The molecule has 2 aliphatic carbocycles. The molecule has 1 aromatic carbocycles. The van der Waals surface area contributed by atoms with Crippen LogP contribution in [0.4, 0.5) is 13.2 Å². The maximum Gasteiger partial charge on any atom is 0.573 e. The van der Waals surface area contributed by atoms with Crippen molar-refractivity contribution >= 4 is 17.8 Å². The fourth-order valence-electron chi connectivity index (χ4n) is 5.21. The summed E-state index contributed by atoms with van der Waals surface area (Å²) in [7, 11) is 0. The number of carbonyl (C=O) groups is 3. The van der Waals surface area contributed by atoms with Gasteiger partial charge in [-0.2, -0.15) is 0 Å². The lowest BCUT2D eigenvalue weighted by Crippen LogP contribution is -2.64. The molecule has 3 atom stereocenters. The summed E-state index contributed by atoms with van der Waals surface area (Å²) in [4.78, 5) is 41.3. The Kier molecular flexibility index (Phi) is 7.75. The molecule has 1 saturated heterocycles. The van der Waals surface area contributed by atoms with Gasteiger partial charge in [-0.15, -0.1) is 13.2 Å². The van der Waals surface area contributed by atoms with Gasteiger partial charge in [-0.3, -0.25) is 14.4 Å². The summed E-state index contributed by atoms with van der Waals surface area (Å²) in [5, 5.41) is 9.08. The molecule has 3 fully saturated rings. The van der Waals surface area contributed by atoms with Gasteiger partial charge in [0.05, 0.1) is 12.5 Å². The molecule has 7 nitrogen and oxygen atoms in total. The number of fused-ring (bicyclic) bond motifs is 1. The van der Waals surface area contributed by atoms with Crippen molar-refractivity contribution in [1.29, 1.82) is 0 Å². The molecule has 1 aromatic rings. The number of carbonyl (C=O) groups excluding carboxylic acids is 2. The second-order valence-electron chi connectivity index (χ2n) is 9.55. The predicted molar refractivity (Wildman–Crippen MR) is 129 cm³/mol. The highest BCUT2D eigenvalue weighted by Gasteiger charge is 2.52. The van der Waals surface area contributed by atoms with Crippen LogP contribution in [0.5, 0.6) is 5.75 Å². The summed E-state index contributed by atoms with van der Waals surface area (Å²) < 4.78 is 41.4. The number of carboxylic acid groups (broad SMARTS) is 1. The van der Waals surface area contributed by atoms with Crippen molar-refractivity contribution in [3.8, 4) is 5.75 Å². The van der Waals surface area contributed by atoms with Gasteiger partial charge in [0.25, 0.3) is 5.91 Å². The van der Waals surface area contributed by atoms with Crippen LogP contribution in [-0.4, -0.2) is 63.7 Å². The number of rotatable bonds is 9. The van der Waals surface area contributed by atoms with Crippen LogP contribution < -0.4 is 4.74 Å². The molecule has 2 amide bonds. The van der Waals surface area contributed by atoms with E-state index >= 15 is 0 Å². The molecule has 2 saturated carbocycles. The van der Waals surface area contributed by atoms with Gasteiger partial charge in [-0.05, 0) is 55.5 Å². The van der Waals surface area contributed by atoms with Crippen LogP contribution in [0, 0.1) is 5.92 Å². The number of halogens is 3. The van der Waals surface area contributed by atoms with Crippen molar-refractivity contribution in [1.82, 2.24) is 9.80 Å². The zero-order valence-corrected chi connectivity index (χ0v) is 20.2. The molecule has 37 heavy (non-hydrogen) atoms. The van der Waals surface area contributed by atoms with Crippen molar-refractivity contribution in [3.05, 3.63) is 66.3 Å². The van der Waals surface area contributed by atoms with Gasteiger partial charge in [-0.1, -0.05) is 30.9 Å². The van der Waals surface area contributed by atoms with Crippen LogP contribution in [-0.2, 0) is 9.59 Å². The molecule has 198 valence electrons. The molecule has 1 N–H and O–H groups in total. The molecule has 3 unspecified atom stereocenters. The third kappa shape index (κ3) is 6.23. The van der Waals surface area contributed by atoms with E-state index in [1.807, 2.05) is 11.0 Å². The highest BCUT2D eigenvalue weighted by molar-refractivity contribution is 5.95. The minimum atomic E-state index is -4.82. The second kappa shape index (κ2) is 10.8. The van der Waals surface area contributed by atoms with E-state index in [2.05, 4.69) is 11.3 Å². The summed E-state index contributed by atoms with van der Waals surface area (Å²) in [5.74, 6) is -1.94. The molecule has 0 bridgehead atoms. The van der Waals surface area contributed by atoms with E-state index in [-0.39, 0.29) is 60.8 Å². The summed E-state index contributed by atoms with van der Waals surface area (Å²) in [6, 6.07) is 4.55. The monoisotopic (exact) mass is 518 g/mol. The Bertz CT molecular complexity index is 1110. The summed E-state index contributed by atoms with van der Waals surface area (Å²) in [6.07, 6.45) is 5.17. The van der Waals surface area contributed by atoms with Gasteiger partial charge < -0.3 is 19.6 Å². The Morgan fingerprint density at radius 1 is 1.08 bits per heavy atom. The Hall–Kier alpha value is -3.56. The Labute approximate surface area is 212 Å². The number of piperidine rings is 1. The van der Waals surface area contributed by atoms with Crippen molar-refractivity contribution in [2.45, 2.75) is 63.0 Å². The summed E-state index contributed by atoms with van der Waals surface area (Å²) in [6.45, 7) is 3.93. The van der Waals surface area contributed by atoms with Gasteiger partial charge in [0.1, 0.15) is 5.75 Å². The third-order valence-electron chi connectivity index (χ3n) is 7.06. The maximum absolute atomic E-state index is 13.5. The maximum atomic E-state index is 13.5. The van der Waals surface area contributed by atoms with Crippen LogP contribution >= 0.6 is 0 Å². The van der Waals surface area contributed by atoms with Crippen molar-refractivity contribution < 1.29 is 37.4 Å². The van der Waals surface area contributed by atoms with Crippen LogP contribution in [0.15, 0.2) is 60.7 Å². The molecule has 1 aliphatic heterocycles. The standard InChI is InChI=1S/C27H29F3N2O5/c1-2-3-4-5-18-16-31(26(36)17-6-10-20(11-7-17)37-27(28,29)30)22-13-12-21(22)25(18)32(19-8-9-19)23(33)14-15-24(34)35/h2-7,10-11,19,21-22,25H,1,8-9,12-16H2,(H,34,35)/b4-3-,18-5+. The van der Waals surface area contributed by atoms with E-state index in [0.717, 1.165) is 43.4 Å². The number of carboxylic acids is 1. The quantitative estimate of drug-likeness (QED) is 0.479. The highest BCUT2D eigenvalue weighted by atomic mass is 19.4. The normalized spacial score (nSPS) is 24.4. The minimum absolute atomic E-state index is 0.0108. The van der Waals surface area contributed by atoms with Gasteiger partial charge in [0.2, 0.25) is 5.91 Å². The largest absolute Gasteiger partial charge is 0.573 e. The molecule has 1 heterocycles. The second-order valence-corrected chi connectivity index (χ2v) is 9.55. The van der Waals surface area contributed by atoms with Gasteiger partial charge >= 0.3 is 12.3 Å². The minimum Gasteiger partial charge on any atom is -0.481 e. The van der Waals surface area contributed by atoms with Crippen LogP contribution in [0.1, 0.15) is 48.9 Å². The number of aliphatic carboxylic acids is 1. The molecule has 10 heteroatoms. The van der Waals surface area contributed by atoms with Gasteiger partial charge in [-0.25, -0.2) is 0 Å². The first kappa shape index (κ1) is 26.5. The molecule has 3 aliphatic rings. The lowest BCUT2D eigenvalue weighted by Gasteiger charge is -2.56. The van der Waals surface area contributed by atoms with E-state index in [1.165, 1.54) is 12.1 Å². The lowest BCUT2D eigenvalue weighted by atomic mass is 9.67. The first-order valence-corrected chi connectivity index (χ1v) is 12.3. The smallest absolute Gasteiger partial charge is 0.481 e. The van der Waals surface area contributed by atoms with Crippen molar-refractivity contribution in [3.63, 3.8) is 0 Å². The topological polar surface area (TPSA) is 87.2 Å². The lowest BCUT2D eigenvalue weighted by molar-refractivity contribution is -0.274. The first-order valence-electron chi connectivity index (χ1n) is 12.3. The zero-order valence-electron chi connectivity index (χ0n) is 20.2. The number of hydrogen-bond donors (Lipinski definition) is 1. The first-order chi connectivity index (χ1) is 17.6. The molecule has 0 spiro atoms. The summed E-state index contributed by atoms with van der Waals surface area (Å²) >= 11 is 0. The Morgan fingerprint density at radius 2 is 1.78 bits per heavy atom. The number of hydrogen-bond acceptors (Lipinski definition) is 4. The van der Waals surface area contributed by atoms with E-state index in [0.29, 0.717) is 0 Å². The van der Waals surface area contributed by atoms with Crippen LogP contribution in [0.3, 0.4) is 0 Å². The molecule has 0 radical (unpaired) electrons. The average molecular weight is 519 g/mol. The highest BCUT2D eigenvalue weighted by Crippen LogP contribution is 2.47. The number of alkyl halides is 3. The van der Waals surface area contributed by atoms with Gasteiger partial charge in [0.15, 0.2) is 0 Å².